The maximum Gasteiger partial charge on any atom is 0.329 e. The molecular weight excluding hydrogens is 875 g/mol. The Morgan fingerprint density at radius 3 is 2.22 bits per heavy atom. The number of Topliss-reactive ketones (excluding diaryl/α,β-unsaturated/α-hetero) is 3. The van der Waals surface area contributed by atoms with E-state index < -0.39 is 71.3 Å². The van der Waals surface area contributed by atoms with Crippen LogP contribution in [0.25, 0.3) is 0 Å². The van der Waals surface area contributed by atoms with Crippen LogP contribution in [0.3, 0.4) is 0 Å². The number of allylic oxidation sites excluding steroid dienone is 5. The summed E-state index contributed by atoms with van der Waals surface area (Å²) < 4.78 is 35.7. The number of cyclic esters (lactones) is 1. The van der Waals surface area contributed by atoms with Gasteiger partial charge in [0.1, 0.15) is 24.0 Å². The minimum atomic E-state index is -2.43. The second kappa shape index (κ2) is 26.9. The van der Waals surface area contributed by atoms with Gasteiger partial charge in [0.25, 0.3) is 11.7 Å². The number of piperidine rings is 1. The number of ether oxygens (including phenoxy) is 6. The lowest BCUT2D eigenvalue weighted by Crippen LogP contribution is -2.61. The van der Waals surface area contributed by atoms with Gasteiger partial charge in [0.2, 0.25) is 5.79 Å². The van der Waals surface area contributed by atoms with Crippen molar-refractivity contribution in [1.82, 2.24) is 4.90 Å². The summed E-state index contributed by atoms with van der Waals surface area (Å²) in [5, 5.41) is 33.1. The molecule has 15 unspecified atom stereocenters. The Kier molecular flexibility index (Phi) is 22.7. The van der Waals surface area contributed by atoms with E-state index in [0.29, 0.717) is 57.8 Å². The van der Waals surface area contributed by atoms with E-state index in [9.17, 15) is 39.3 Å². The molecule has 0 aromatic rings. The van der Waals surface area contributed by atoms with Gasteiger partial charge < -0.3 is 48.6 Å². The number of amides is 1. The molecule has 0 radical (unpaired) electrons. The van der Waals surface area contributed by atoms with Crippen LogP contribution in [-0.4, -0.2) is 145 Å². The lowest BCUT2D eigenvalue weighted by atomic mass is 9.77. The van der Waals surface area contributed by atoms with Crippen LogP contribution in [0.15, 0.2) is 36.0 Å². The van der Waals surface area contributed by atoms with E-state index in [0.717, 1.165) is 12.0 Å². The molecule has 0 aromatic heterocycles. The molecule has 3 aliphatic heterocycles. The number of ketones is 3. The van der Waals surface area contributed by atoms with Crippen LogP contribution in [-0.2, 0) is 52.4 Å². The molecule has 2 saturated heterocycles. The van der Waals surface area contributed by atoms with E-state index >= 15 is 0 Å². The van der Waals surface area contributed by atoms with Crippen LogP contribution in [0.2, 0.25) is 0 Å². The van der Waals surface area contributed by atoms with Crippen LogP contribution in [0.1, 0.15) is 138 Å². The number of nitrogens with zero attached hydrogens (tertiary/aromatic N) is 1. The number of aliphatic hydroxyl groups excluding tert-OH is 1. The lowest BCUT2D eigenvalue weighted by Gasteiger charge is -2.42. The van der Waals surface area contributed by atoms with E-state index in [2.05, 4.69) is 0 Å². The highest BCUT2D eigenvalue weighted by atomic mass is 16.6. The molecule has 386 valence electrons. The number of carbonyl (C=O) groups is 5. The van der Waals surface area contributed by atoms with Gasteiger partial charge in [-0.2, -0.15) is 0 Å². The third-order valence-electron chi connectivity index (χ3n) is 15.1. The Balaban J connectivity index is 1.67. The monoisotopic (exact) mass is 960 g/mol. The van der Waals surface area contributed by atoms with Crippen molar-refractivity contribution in [1.29, 1.82) is 0 Å². The van der Waals surface area contributed by atoms with Crippen LogP contribution in [0, 0.1) is 35.5 Å². The van der Waals surface area contributed by atoms with Gasteiger partial charge in [-0.25, -0.2) is 4.79 Å². The quantitative estimate of drug-likeness (QED) is 0.169. The zero-order chi connectivity index (χ0) is 50.3. The van der Waals surface area contributed by atoms with Crippen molar-refractivity contribution in [3.63, 3.8) is 0 Å². The standard InChI is InChI=1S/C53H85NO14/c1-33-16-12-11-13-17-34(2)44(63-8)29-40-21-19-38(6)53(62,68-40)49(58)50(59)54-23-15-14-18-41(54)51(60)67-45(35(3)27-39-20-22-43(66-25-24-55)46(28-39)64-9)30-42(56)37(5)31-52(7,61)32-47(65-10)48(57)36(4)26-33/h11-13,16-17,33,35-41,43-47,55,61-62H,14-15,18-32H2,1-10H3/b13-11?,16-12+,34-17?. The summed E-state index contributed by atoms with van der Waals surface area (Å²) in [4.78, 5) is 72.2. The van der Waals surface area contributed by atoms with Crippen molar-refractivity contribution in [3.8, 4) is 0 Å². The number of carbonyl (C=O) groups excluding carboxylic acids is 5. The third-order valence-corrected chi connectivity index (χ3v) is 15.1. The molecule has 15 heteroatoms. The molecule has 3 N–H and O–H groups in total. The fraction of sp³-hybridized carbons (Fsp3) is 0.792. The van der Waals surface area contributed by atoms with Crippen molar-refractivity contribution < 1.29 is 67.7 Å². The fourth-order valence-electron chi connectivity index (χ4n) is 10.9. The molecule has 15 nitrogen and oxygen atoms in total. The summed E-state index contributed by atoms with van der Waals surface area (Å²) in [7, 11) is 4.66. The Morgan fingerprint density at radius 2 is 1.54 bits per heavy atom. The normalized spacial score (nSPS) is 38.3. The van der Waals surface area contributed by atoms with Gasteiger partial charge in [-0.05, 0) is 108 Å². The summed E-state index contributed by atoms with van der Waals surface area (Å²) in [6, 6.07) is -1.14. The first-order valence-electron chi connectivity index (χ1n) is 25.3. The Hall–Kier alpha value is -3.15. The number of rotatable bonds is 9. The van der Waals surface area contributed by atoms with Crippen molar-refractivity contribution in [2.75, 3.05) is 41.1 Å². The lowest BCUT2D eigenvalue weighted by molar-refractivity contribution is -0.265. The minimum absolute atomic E-state index is 0.0183. The molecule has 68 heavy (non-hydrogen) atoms. The maximum atomic E-state index is 14.5. The van der Waals surface area contributed by atoms with E-state index in [1.807, 2.05) is 58.1 Å². The smallest absolute Gasteiger partial charge is 0.329 e. The van der Waals surface area contributed by atoms with Gasteiger partial charge in [0.15, 0.2) is 5.78 Å². The Morgan fingerprint density at radius 1 is 0.824 bits per heavy atom. The first-order valence-corrected chi connectivity index (χ1v) is 25.3. The van der Waals surface area contributed by atoms with Crippen molar-refractivity contribution >= 4 is 29.2 Å². The van der Waals surface area contributed by atoms with Gasteiger partial charge in [0, 0.05) is 64.9 Å². The zero-order valence-corrected chi connectivity index (χ0v) is 42.7. The number of methoxy groups -OCH3 is 3. The molecule has 1 saturated carbocycles. The van der Waals surface area contributed by atoms with Gasteiger partial charge in [-0.3, -0.25) is 19.2 Å². The highest BCUT2D eigenvalue weighted by Gasteiger charge is 2.53. The zero-order valence-electron chi connectivity index (χ0n) is 42.7. The Bertz CT molecular complexity index is 1760. The van der Waals surface area contributed by atoms with Crippen LogP contribution in [0.5, 0.6) is 0 Å². The van der Waals surface area contributed by atoms with Gasteiger partial charge >= 0.3 is 5.97 Å². The van der Waals surface area contributed by atoms with E-state index in [4.69, 9.17) is 28.4 Å². The predicted molar refractivity (Wildman–Crippen MR) is 256 cm³/mol. The third kappa shape index (κ3) is 15.9. The molecule has 0 spiro atoms. The molecule has 3 fully saturated rings. The highest BCUT2D eigenvalue weighted by molar-refractivity contribution is 6.39. The van der Waals surface area contributed by atoms with Crippen LogP contribution < -0.4 is 0 Å². The summed E-state index contributed by atoms with van der Waals surface area (Å²) in [6.45, 7) is 12.9. The van der Waals surface area contributed by atoms with Crippen LogP contribution in [0.4, 0.5) is 0 Å². The second-order valence-corrected chi connectivity index (χ2v) is 20.9. The van der Waals surface area contributed by atoms with Crippen molar-refractivity contribution in [2.24, 2.45) is 35.5 Å². The summed E-state index contributed by atoms with van der Waals surface area (Å²) in [5.41, 5.74) is -0.573. The number of hydrogen-bond donors (Lipinski definition) is 3. The van der Waals surface area contributed by atoms with Gasteiger partial charge in [0.05, 0.1) is 43.2 Å². The topological polar surface area (TPSA) is 205 Å². The molecule has 15 atom stereocenters. The molecule has 2 bridgehead atoms. The van der Waals surface area contributed by atoms with Crippen molar-refractivity contribution in [3.05, 3.63) is 36.0 Å². The highest BCUT2D eigenvalue weighted by Crippen LogP contribution is 2.38. The SMILES string of the molecule is COC1CC(C)(O)CC(C)C(=O)CC(C(C)CC2CCC(OCCO)C(OC)C2)OC(=O)C2CCCCN2C(=O)C(=O)C2(O)OC(CCC2C)CC(OC)C(C)=CC=C/C=C/C(C)CC(C)C1=O. The van der Waals surface area contributed by atoms with Crippen molar-refractivity contribution in [2.45, 2.75) is 192 Å². The number of aliphatic hydroxyl groups is 3. The largest absolute Gasteiger partial charge is 0.460 e. The van der Waals surface area contributed by atoms with Gasteiger partial charge in [-0.15, -0.1) is 0 Å². The number of fused-ring (bicyclic) bond motifs is 3. The summed E-state index contributed by atoms with van der Waals surface area (Å²) >= 11 is 0. The molecule has 1 amide bonds. The second-order valence-electron chi connectivity index (χ2n) is 20.9. The summed E-state index contributed by atoms with van der Waals surface area (Å²) in [5.74, 6) is -7.63. The minimum Gasteiger partial charge on any atom is -0.460 e. The van der Waals surface area contributed by atoms with E-state index in [-0.39, 0.29) is 92.9 Å². The first-order chi connectivity index (χ1) is 32.2. The maximum absolute atomic E-state index is 14.5. The first kappa shape index (κ1) is 57.4. The Labute approximate surface area is 405 Å². The number of esters is 1. The predicted octanol–water partition coefficient (Wildman–Crippen LogP) is 6.42. The molecule has 1 aliphatic carbocycles. The molecular formula is C53H85NO14. The fourth-order valence-corrected chi connectivity index (χ4v) is 10.9. The number of hydrogen-bond acceptors (Lipinski definition) is 14. The van der Waals surface area contributed by atoms with Crippen LogP contribution >= 0.6 is 0 Å². The molecule has 4 aliphatic rings. The molecule has 3 heterocycles. The summed E-state index contributed by atoms with van der Waals surface area (Å²) in [6.07, 6.45) is 12.1. The average molecular weight is 960 g/mol. The molecule has 0 aromatic carbocycles. The van der Waals surface area contributed by atoms with E-state index in [1.54, 1.807) is 35.0 Å². The van der Waals surface area contributed by atoms with Gasteiger partial charge in [-0.1, -0.05) is 65.0 Å². The molecule has 4 rings (SSSR count). The average Bonchev–Trinajstić information content (AvgIpc) is 3.31. The van der Waals surface area contributed by atoms with E-state index in [1.165, 1.54) is 12.0 Å².